The number of nitrogens with zero attached hydrogens (tertiary/aromatic N) is 1. The second-order valence-corrected chi connectivity index (χ2v) is 4.47. The molecule has 1 amide bonds. The molecule has 1 aliphatic rings. The maximum absolute atomic E-state index is 12.3. The van der Waals surface area contributed by atoms with Crippen molar-refractivity contribution in [3.63, 3.8) is 0 Å². The minimum absolute atomic E-state index is 0.0300. The predicted octanol–water partition coefficient (Wildman–Crippen LogP) is 1.67. The summed E-state index contributed by atoms with van der Waals surface area (Å²) >= 11 is 0. The van der Waals surface area contributed by atoms with E-state index in [2.05, 4.69) is 5.32 Å². The number of nitrogens with one attached hydrogen (secondary N) is 1. The molecule has 0 spiro atoms. The fraction of sp³-hybridized carbons (Fsp3) is 0.615. The van der Waals surface area contributed by atoms with Gasteiger partial charge in [0.2, 0.25) is 0 Å². The zero-order valence-corrected chi connectivity index (χ0v) is 10.5. The summed E-state index contributed by atoms with van der Waals surface area (Å²) < 4.78 is 5.52. The van der Waals surface area contributed by atoms with Crippen molar-refractivity contribution in [3.8, 4) is 0 Å². The van der Waals surface area contributed by atoms with Crippen molar-refractivity contribution in [3.05, 3.63) is 23.7 Å². The Kier molecular flexibility index (Phi) is 3.84. The standard InChI is InChI=1S/C13H20N2O2/c1-3-11-6-7-12(17-11)13(16)15-8-4-5-10(15)9-14-2/h6-7,10,14H,3-5,8-9H2,1-2H3/t10-/m1/s1. The first-order valence-corrected chi connectivity index (χ1v) is 6.30. The minimum atomic E-state index is 0.0300. The molecule has 17 heavy (non-hydrogen) atoms. The third-order valence-electron chi connectivity index (χ3n) is 3.30. The van der Waals surface area contributed by atoms with E-state index in [0.29, 0.717) is 11.8 Å². The fourth-order valence-electron chi connectivity index (χ4n) is 2.38. The molecular weight excluding hydrogens is 216 g/mol. The third kappa shape index (κ3) is 2.52. The Morgan fingerprint density at radius 1 is 1.59 bits per heavy atom. The van der Waals surface area contributed by atoms with Gasteiger partial charge in [0, 0.05) is 25.6 Å². The molecule has 1 aromatic rings. The number of hydrogen-bond donors (Lipinski definition) is 1. The molecule has 0 unspecified atom stereocenters. The van der Waals surface area contributed by atoms with Crippen LogP contribution in [0.2, 0.25) is 0 Å². The highest BCUT2D eigenvalue weighted by molar-refractivity contribution is 5.92. The Bertz CT molecular complexity index is 387. The number of likely N-dealkylation sites (N-methyl/N-ethyl adjacent to an activating group) is 1. The highest BCUT2D eigenvalue weighted by Gasteiger charge is 2.30. The summed E-state index contributed by atoms with van der Waals surface area (Å²) in [4.78, 5) is 14.2. The monoisotopic (exact) mass is 236 g/mol. The molecule has 0 aromatic carbocycles. The first-order valence-electron chi connectivity index (χ1n) is 6.30. The Morgan fingerprint density at radius 2 is 2.41 bits per heavy atom. The average Bonchev–Trinajstić information content (AvgIpc) is 2.97. The summed E-state index contributed by atoms with van der Waals surface area (Å²) in [5, 5.41) is 3.14. The van der Waals surface area contributed by atoms with Crippen LogP contribution in [-0.2, 0) is 6.42 Å². The van der Waals surface area contributed by atoms with Crippen molar-refractivity contribution < 1.29 is 9.21 Å². The van der Waals surface area contributed by atoms with Crippen LogP contribution in [0.4, 0.5) is 0 Å². The van der Waals surface area contributed by atoms with E-state index in [1.807, 2.05) is 24.9 Å². The van der Waals surface area contributed by atoms with E-state index in [1.165, 1.54) is 0 Å². The summed E-state index contributed by atoms with van der Waals surface area (Å²) in [6, 6.07) is 3.98. The van der Waals surface area contributed by atoms with Gasteiger partial charge in [0.25, 0.3) is 5.91 Å². The molecule has 0 aliphatic carbocycles. The van der Waals surface area contributed by atoms with Crippen molar-refractivity contribution in [1.29, 1.82) is 0 Å². The van der Waals surface area contributed by atoms with Gasteiger partial charge in [0.15, 0.2) is 5.76 Å². The van der Waals surface area contributed by atoms with Crippen LogP contribution in [0.3, 0.4) is 0 Å². The second kappa shape index (κ2) is 5.36. The van der Waals surface area contributed by atoms with Crippen molar-refractivity contribution in [1.82, 2.24) is 10.2 Å². The van der Waals surface area contributed by atoms with Gasteiger partial charge in [0.1, 0.15) is 5.76 Å². The summed E-state index contributed by atoms with van der Waals surface area (Å²) in [6.45, 7) is 3.72. The van der Waals surface area contributed by atoms with E-state index in [4.69, 9.17) is 4.42 Å². The zero-order chi connectivity index (χ0) is 12.3. The van der Waals surface area contributed by atoms with Crippen LogP contribution in [0.5, 0.6) is 0 Å². The van der Waals surface area contributed by atoms with Crippen molar-refractivity contribution >= 4 is 5.91 Å². The normalized spacial score (nSPS) is 19.9. The van der Waals surface area contributed by atoms with Gasteiger partial charge in [0.05, 0.1) is 0 Å². The second-order valence-electron chi connectivity index (χ2n) is 4.47. The number of amides is 1. The first-order chi connectivity index (χ1) is 8.26. The lowest BCUT2D eigenvalue weighted by atomic mass is 10.2. The molecule has 2 heterocycles. The van der Waals surface area contributed by atoms with Crippen molar-refractivity contribution in [2.24, 2.45) is 0 Å². The molecule has 1 atom stereocenters. The summed E-state index contributed by atoms with van der Waals surface area (Å²) in [5.74, 6) is 1.38. The van der Waals surface area contributed by atoms with Gasteiger partial charge in [-0.05, 0) is 32.0 Å². The number of carbonyl (C=O) groups excluding carboxylic acids is 1. The van der Waals surface area contributed by atoms with Crippen LogP contribution in [0.1, 0.15) is 36.1 Å². The van der Waals surface area contributed by atoms with Crippen molar-refractivity contribution in [2.45, 2.75) is 32.2 Å². The molecule has 4 nitrogen and oxygen atoms in total. The van der Waals surface area contributed by atoms with E-state index in [0.717, 1.165) is 38.1 Å². The lowest BCUT2D eigenvalue weighted by Gasteiger charge is -2.23. The largest absolute Gasteiger partial charge is 0.456 e. The Hall–Kier alpha value is -1.29. The van der Waals surface area contributed by atoms with Gasteiger partial charge in [-0.3, -0.25) is 4.79 Å². The molecular formula is C13H20N2O2. The smallest absolute Gasteiger partial charge is 0.289 e. The Labute approximate surface area is 102 Å². The zero-order valence-electron chi connectivity index (χ0n) is 10.5. The minimum Gasteiger partial charge on any atom is -0.456 e. The lowest BCUT2D eigenvalue weighted by Crippen LogP contribution is -2.40. The molecule has 0 radical (unpaired) electrons. The predicted molar refractivity (Wildman–Crippen MR) is 66.1 cm³/mol. The Balaban J connectivity index is 2.08. The molecule has 1 aliphatic heterocycles. The first kappa shape index (κ1) is 12.2. The quantitative estimate of drug-likeness (QED) is 0.865. The van der Waals surface area contributed by atoms with Gasteiger partial charge >= 0.3 is 0 Å². The third-order valence-corrected chi connectivity index (χ3v) is 3.30. The Morgan fingerprint density at radius 3 is 3.06 bits per heavy atom. The van der Waals surface area contributed by atoms with Crippen LogP contribution in [-0.4, -0.2) is 37.0 Å². The number of carbonyl (C=O) groups is 1. The van der Waals surface area contributed by atoms with E-state index in [-0.39, 0.29) is 5.91 Å². The number of rotatable bonds is 4. The summed E-state index contributed by atoms with van der Waals surface area (Å²) in [5.41, 5.74) is 0. The van der Waals surface area contributed by atoms with Gasteiger partial charge in [-0.25, -0.2) is 0 Å². The number of aryl methyl sites for hydroxylation is 1. The summed E-state index contributed by atoms with van der Waals surface area (Å²) in [7, 11) is 1.92. The average molecular weight is 236 g/mol. The molecule has 2 rings (SSSR count). The van der Waals surface area contributed by atoms with E-state index < -0.39 is 0 Å². The van der Waals surface area contributed by atoms with E-state index >= 15 is 0 Å². The molecule has 4 heteroatoms. The van der Waals surface area contributed by atoms with E-state index in [1.54, 1.807) is 6.07 Å². The van der Waals surface area contributed by atoms with Gasteiger partial charge in [-0.15, -0.1) is 0 Å². The topological polar surface area (TPSA) is 45.5 Å². The van der Waals surface area contributed by atoms with Crippen LogP contribution in [0.15, 0.2) is 16.5 Å². The molecule has 0 saturated carbocycles. The van der Waals surface area contributed by atoms with Gasteiger partial charge < -0.3 is 14.6 Å². The lowest BCUT2D eigenvalue weighted by molar-refractivity contribution is 0.0703. The van der Waals surface area contributed by atoms with Crippen molar-refractivity contribution in [2.75, 3.05) is 20.1 Å². The number of hydrogen-bond acceptors (Lipinski definition) is 3. The van der Waals surface area contributed by atoms with E-state index in [9.17, 15) is 4.79 Å². The molecule has 1 aromatic heterocycles. The fourth-order valence-corrected chi connectivity index (χ4v) is 2.38. The van der Waals surface area contributed by atoms with Crippen LogP contribution in [0, 0.1) is 0 Å². The highest BCUT2D eigenvalue weighted by Crippen LogP contribution is 2.20. The SMILES string of the molecule is CCc1ccc(C(=O)N2CCC[C@@H]2CNC)o1. The van der Waals surface area contributed by atoms with Gasteiger partial charge in [-0.2, -0.15) is 0 Å². The van der Waals surface area contributed by atoms with Crippen LogP contribution >= 0.6 is 0 Å². The maximum atomic E-state index is 12.3. The number of likely N-dealkylation sites (tertiary alicyclic amines) is 1. The highest BCUT2D eigenvalue weighted by atomic mass is 16.4. The molecule has 0 bridgehead atoms. The molecule has 94 valence electrons. The molecule has 1 fully saturated rings. The summed E-state index contributed by atoms with van der Waals surface area (Å²) in [6.07, 6.45) is 2.99. The van der Waals surface area contributed by atoms with Gasteiger partial charge in [-0.1, -0.05) is 6.92 Å². The molecule has 1 saturated heterocycles. The molecule has 1 N–H and O–H groups in total. The maximum Gasteiger partial charge on any atom is 0.289 e. The van der Waals surface area contributed by atoms with Crippen LogP contribution in [0.25, 0.3) is 0 Å². The number of furan rings is 1. The van der Waals surface area contributed by atoms with Crippen LogP contribution < -0.4 is 5.32 Å².